The number of allylic oxidation sites excluding steroid dienone is 11. The molecule has 3 nitrogen and oxygen atoms in total. The van der Waals surface area contributed by atoms with Gasteiger partial charge >= 0.3 is 0 Å². The highest BCUT2D eigenvalue weighted by molar-refractivity contribution is 5.83. The van der Waals surface area contributed by atoms with E-state index in [1.54, 1.807) is 0 Å². The number of hydrogen-bond acceptors (Lipinski definition) is 3. The molecule has 1 atom stereocenters. The molecule has 1 unspecified atom stereocenters. The zero-order valence-electron chi connectivity index (χ0n) is 35.2. The van der Waals surface area contributed by atoms with Gasteiger partial charge in [0.05, 0.1) is 6.04 Å². The second kappa shape index (κ2) is 17.8. The van der Waals surface area contributed by atoms with Crippen LogP contribution in [-0.4, -0.2) is 6.04 Å². The summed E-state index contributed by atoms with van der Waals surface area (Å²) in [6.07, 6.45) is 22.2. The molecular formula is C53H59N3. The topological polar surface area (TPSA) is 9.72 Å². The highest BCUT2D eigenvalue weighted by atomic mass is 15.2. The van der Waals surface area contributed by atoms with Gasteiger partial charge in [0.15, 0.2) is 0 Å². The van der Waals surface area contributed by atoms with Crippen LogP contribution < -0.4 is 14.7 Å². The molecule has 0 amide bonds. The van der Waals surface area contributed by atoms with Crippen LogP contribution in [0.1, 0.15) is 76.6 Å². The Hall–Kier alpha value is -5.80. The van der Waals surface area contributed by atoms with Crippen LogP contribution in [0.5, 0.6) is 0 Å². The van der Waals surface area contributed by atoms with Crippen molar-refractivity contribution in [2.75, 3.05) is 14.7 Å². The predicted octanol–water partition coefficient (Wildman–Crippen LogP) is 14.9. The van der Waals surface area contributed by atoms with Crippen LogP contribution in [0.15, 0.2) is 185 Å². The quantitative estimate of drug-likeness (QED) is 0.142. The van der Waals surface area contributed by atoms with E-state index in [9.17, 15) is 0 Å². The van der Waals surface area contributed by atoms with Gasteiger partial charge in [-0.3, -0.25) is 0 Å². The standard InChI is InChI=1S/C53H59N3/c1-11-13-24-39(5)48(12-2)56(52-35-41(7)50(33-43(52)9)54(45-26-15-14-16-27-45)46-28-19-17-22-37(3)31-46)53-36-42(8)51(34-44(53)10)55(47-29-21-23-38(4)32-47)49-30-20-18-25-40(49)6/h11-18,20-34,36,52H,19,35H2,1-10H3/b13-11+,39-24-,48-12+. The number of hydrogen-bond donors (Lipinski definition) is 0. The molecule has 0 aromatic heterocycles. The number of benzene rings is 4. The zero-order chi connectivity index (χ0) is 39.9. The summed E-state index contributed by atoms with van der Waals surface area (Å²) in [7, 11) is 0. The Labute approximate surface area is 337 Å². The van der Waals surface area contributed by atoms with Crippen molar-refractivity contribution in [2.24, 2.45) is 0 Å². The molecule has 2 aliphatic carbocycles. The Morgan fingerprint density at radius 1 is 0.679 bits per heavy atom. The molecule has 0 saturated carbocycles. The van der Waals surface area contributed by atoms with Gasteiger partial charge in [-0.15, -0.1) is 0 Å². The maximum Gasteiger partial charge on any atom is 0.0590 e. The third-order valence-corrected chi connectivity index (χ3v) is 11.0. The predicted molar refractivity (Wildman–Crippen MR) is 244 cm³/mol. The van der Waals surface area contributed by atoms with Crippen LogP contribution >= 0.6 is 0 Å². The second-order valence-corrected chi connectivity index (χ2v) is 15.4. The third kappa shape index (κ3) is 8.53. The summed E-state index contributed by atoms with van der Waals surface area (Å²) in [6.45, 7) is 22.3. The molecule has 0 saturated heterocycles. The number of nitrogens with zero attached hydrogens (tertiary/aromatic N) is 3. The third-order valence-electron chi connectivity index (χ3n) is 11.0. The van der Waals surface area contributed by atoms with E-state index >= 15 is 0 Å². The van der Waals surface area contributed by atoms with E-state index in [1.165, 1.54) is 84.4 Å². The average Bonchev–Trinajstić information content (AvgIpc) is 3.40. The fourth-order valence-electron chi connectivity index (χ4n) is 8.11. The molecule has 56 heavy (non-hydrogen) atoms. The van der Waals surface area contributed by atoms with E-state index < -0.39 is 0 Å². The molecule has 4 aromatic carbocycles. The summed E-state index contributed by atoms with van der Waals surface area (Å²) in [4.78, 5) is 7.51. The SMILES string of the molecule is C/C=C/C=C(C)\C(=C/C)N(c1cc(C)c(N(c2cccc(C)c2)c2ccccc2C)cc1C)C1CC(C)=C(N(C2=CCC=CC(C)=C2)c2ccccc2)C=C1C. The van der Waals surface area contributed by atoms with Crippen LogP contribution in [0.3, 0.4) is 0 Å². The first-order valence-corrected chi connectivity index (χ1v) is 20.1. The summed E-state index contributed by atoms with van der Waals surface area (Å²) < 4.78 is 0. The normalized spacial score (nSPS) is 16.4. The first-order chi connectivity index (χ1) is 27.0. The summed E-state index contributed by atoms with van der Waals surface area (Å²) in [5.74, 6) is 0. The Kier molecular flexibility index (Phi) is 12.7. The lowest BCUT2D eigenvalue weighted by Crippen LogP contribution is -2.39. The summed E-state index contributed by atoms with van der Waals surface area (Å²) in [5.41, 5.74) is 19.8. The molecule has 0 fully saturated rings. The lowest BCUT2D eigenvalue weighted by molar-refractivity contribution is 0.684. The molecule has 0 bridgehead atoms. The van der Waals surface area contributed by atoms with E-state index in [0.717, 1.165) is 18.5 Å². The second-order valence-electron chi connectivity index (χ2n) is 15.4. The van der Waals surface area contributed by atoms with Gasteiger partial charge in [0.1, 0.15) is 0 Å². The average molecular weight is 738 g/mol. The van der Waals surface area contributed by atoms with E-state index in [-0.39, 0.29) is 6.04 Å². The minimum absolute atomic E-state index is 0.117. The molecule has 0 heterocycles. The summed E-state index contributed by atoms with van der Waals surface area (Å²) in [6, 6.07) is 33.3. The number of rotatable bonds is 11. The van der Waals surface area contributed by atoms with Crippen molar-refractivity contribution in [3.05, 3.63) is 207 Å². The fraction of sp³-hybridized carbons (Fsp3) is 0.245. The van der Waals surface area contributed by atoms with Crippen LogP contribution in [0.2, 0.25) is 0 Å². The van der Waals surface area contributed by atoms with E-state index in [1.807, 2.05) is 0 Å². The maximum absolute atomic E-state index is 2.62. The number of aryl methyl sites for hydroxylation is 4. The number of anilines is 5. The number of para-hydroxylation sites is 2. The highest BCUT2D eigenvalue weighted by Gasteiger charge is 2.32. The molecule has 0 aliphatic heterocycles. The molecule has 0 N–H and O–H groups in total. The monoisotopic (exact) mass is 737 g/mol. The Morgan fingerprint density at radius 2 is 1.38 bits per heavy atom. The first kappa shape index (κ1) is 39.9. The van der Waals surface area contributed by atoms with Gasteiger partial charge in [-0.2, -0.15) is 0 Å². The van der Waals surface area contributed by atoms with Crippen LogP contribution in [-0.2, 0) is 0 Å². The van der Waals surface area contributed by atoms with Gasteiger partial charge in [0.25, 0.3) is 0 Å². The lowest BCUT2D eigenvalue weighted by atomic mass is 9.88. The van der Waals surface area contributed by atoms with E-state index in [0.29, 0.717) is 0 Å². The minimum atomic E-state index is 0.117. The van der Waals surface area contributed by atoms with Crippen molar-refractivity contribution in [2.45, 2.75) is 88.1 Å². The van der Waals surface area contributed by atoms with Gasteiger partial charge in [0, 0.05) is 45.5 Å². The highest BCUT2D eigenvalue weighted by Crippen LogP contribution is 2.44. The molecule has 3 heteroatoms. The van der Waals surface area contributed by atoms with Crippen LogP contribution in [0, 0.1) is 27.7 Å². The van der Waals surface area contributed by atoms with Crippen molar-refractivity contribution >= 4 is 28.4 Å². The molecule has 6 rings (SSSR count). The lowest BCUT2D eigenvalue weighted by Gasteiger charge is -2.42. The van der Waals surface area contributed by atoms with E-state index in [4.69, 9.17) is 0 Å². The molecule has 0 spiro atoms. The molecule has 2 aliphatic rings. The Balaban J connectivity index is 1.50. The van der Waals surface area contributed by atoms with Gasteiger partial charge in [-0.05, 0) is 181 Å². The molecule has 0 radical (unpaired) electrons. The van der Waals surface area contributed by atoms with Gasteiger partial charge in [0.2, 0.25) is 0 Å². The maximum atomic E-state index is 2.62. The summed E-state index contributed by atoms with van der Waals surface area (Å²) >= 11 is 0. The van der Waals surface area contributed by atoms with Crippen molar-refractivity contribution < 1.29 is 0 Å². The van der Waals surface area contributed by atoms with Crippen molar-refractivity contribution in [1.82, 2.24) is 0 Å². The van der Waals surface area contributed by atoms with Crippen molar-refractivity contribution in [3.63, 3.8) is 0 Å². The van der Waals surface area contributed by atoms with Gasteiger partial charge in [-0.25, -0.2) is 0 Å². The zero-order valence-corrected chi connectivity index (χ0v) is 35.2. The molecule has 4 aromatic rings. The van der Waals surface area contributed by atoms with Crippen molar-refractivity contribution in [3.8, 4) is 0 Å². The Morgan fingerprint density at radius 3 is 2.09 bits per heavy atom. The van der Waals surface area contributed by atoms with Crippen LogP contribution in [0.4, 0.5) is 28.4 Å². The van der Waals surface area contributed by atoms with Crippen LogP contribution in [0.25, 0.3) is 0 Å². The molecule has 286 valence electrons. The smallest absolute Gasteiger partial charge is 0.0590 e. The molecular weight excluding hydrogens is 679 g/mol. The van der Waals surface area contributed by atoms with Crippen molar-refractivity contribution in [1.29, 1.82) is 0 Å². The van der Waals surface area contributed by atoms with E-state index in [2.05, 4.69) is 230 Å². The first-order valence-electron chi connectivity index (χ1n) is 20.1. The van der Waals surface area contributed by atoms with Gasteiger partial charge in [-0.1, -0.05) is 91.1 Å². The fourth-order valence-corrected chi connectivity index (χ4v) is 8.11. The Bertz CT molecular complexity index is 2320. The minimum Gasteiger partial charge on any atom is -0.334 e. The van der Waals surface area contributed by atoms with Gasteiger partial charge < -0.3 is 14.7 Å². The summed E-state index contributed by atoms with van der Waals surface area (Å²) in [5, 5.41) is 0. The largest absolute Gasteiger partial charge is 0.334 e.